The maximum Gasteiger partial charge on any atom is 0.373 e. The molecule has 1 aliphatic heterocycles. The van der Waals surface area contributed by atoms with Crippen molar-refractivity contribution < 1.29 is 33.1 Å². The number of furan rings is 1. The summed E-state index contributed by atoms with van der Waals surface area (Å²) in [4.78, 5) is 50.3. The number of hydrogen-bond acceptors (Lipinski definition) is 7. The molecule has 10 nitrogen and oxygen atoms in total. The highest BCUT2D eigenvalue weighted by Gasteiger charge is 2.35. The number of amides is 3. The molecular weight excluding hydrogens is 442 g/mol. The van der Waals surface area contributed by atoms with E-state index < -0.39 is 29.9 Å². The number of nitrogens with zero attached hydrogens (tertiary/aromatic N) is 2. The minimum absolute atomic E-state index is 0.0246. The van der Waals surface area contributed by atoms with Crippen LogP contribution >= 0.6 is 0 Å². The number of aromatic nitrogens is 1. The van der Waals surface area contributed by atoms with Gasteiger partial charge in [0.05, 0.1) is 20.8 Å². The molecule has 1 fully saturated rings. The summed E-state index contributed by atoms with van der Waals surface area (Å²) in [5.41, 5.74) is 2.31. The number of rotatable bonds is 6. The zero-order chi connectivity index (χ0) is 24.6. The van der Waals surface area contributed by atoms with E-state index in [9.17, 15) is 19.2 Å². The Balaban J connectivity index is 1.68. The summed E-state index contributed by atoms with van der Waals surface area (Å²) in [6.45, 7) is 3.42. The number of hydrogen-bond donors (Lipinski definition) is 1. The summed E-state index contributed by atoms with van der Waals surface area (Å²) >= 11 is 0. The lowest BCUT2D eigenvalue weighted by atomic mass is 10.1. The van der Waals surface area contributed by atoms with Crippen LogP contribution in [-0.4, -0.2) is 47.6 Å². The van der Waals surface area contributed by atoms with Gasteiger partial charge in [0, 0.05) is 22.2 Å². The number of imide groups is 1. The van der Waals surface area contributed by atoms with E-state index in [2.05, 4.69) is 10.1 Å². The SMILES string of the molecule is COC(=O)c1ccc(CN2C(=O)N/C(=C\c3c(C)n([C@H](C)C(=O)OC)c4ccccc34)C2=O)o1. The van der Waals surface area contributed by atoms with Crippen LogP contribution in [0.1, 0.15) is 40.5 Å². The average molecular weight is 465 g/mol. The largest absolute Gasteiger partial charge is 0.467 e. The standard InChI is InChI=1S/C24H23N3O7/c1-13-17(16-7-5-6-8-19(16)27(13)14(2)22(29)32-3)11-18-21(28)26(24(31)25-18)12-15-9-10-20(34-15)23(30)33-4/h5-11,14H,12H2,1-4H3,(H,25,31)/b18-11-/t14-/m1/s1. The molecule has 2 aromatic heterocycles. The number of urea groups is 1. The lowest BCUT2D eigenvalue weighted by Crippen LogP contribution is -2.30. The Labute approximate surface area is 194 Å². The first-order valence-electron chi connectivity index (χ1n) is 10.5. The van der Waals surface area contributed by atoms with Gasteiger partial charge in [0.2, 0.25) is 5.76 Å². The number of benzene rings is 1. The highest BCUT2D eigenvalue weighted by molar-refractivity contribution is 6.14. The molecule has 1 atom stereocenters. The Hall–Kier alpha value is -4.34. The molecule has 1 aromatic carbocycles. The van der Waals surface area contributed by atoms with Gasteiger partial charge in [-0.2, -0.15) is 0 Å². The van der Waals surface area contributed by atoms with Crippen molar-refractivity contribution >= 4 is 40.9 Å². The first kappa shape index (κ1) is 22.8. The van der Waals surface area contributed by atoms with E-state index in [4.69, 9.17) is 9.15 Å². The topological polar surface area (TPSA) is 120 Å². The van der Waals surface area contributed by atoms with Crippen LogP contribution in [0.25, 0.3) is 17.0 Å². The van der Waals surface area contributed by atoms with Crippen LogP contribution in [0, 0.1) is 6.92 Å². The molecule has 1 N–H and O–H groups in total. The zero-order valence-electron chi connectivity index (χ0n) is 19.1. The molecule has 0 unspecified atom stereocenters. The van der Waals surface area contributed by atoms with Crippen LogP contribution in [0.2, 0.25) is 0 Å². The number of carbonyl (C=O) groups excluding carboxylic acids is 4. The first-order chi connectivity index (χ1) is 16.3. The predicted molar refractivity (Wildman–Crippen MR) is 121 cm³/mol. The van der Waals surface area contributed by atoms with E-state index in [0.717, 1.165) is 21.5 Å². The maximum atomic E-state index is 13.0. The minimum Gasteiger partial charge on any atom is -0.467 e. The normalized spacial score (nSPS) is 15.6. The number of carbonyl (C=O) groups is 4. The molecule has 3 heterocycles. The smallest absolute Gasteiger partial charge is 0.373 e. The lowest BCUT2D eigenvalue weighted by molar-refractivity contribution is -0.144. The monoisotopic (exact) mass is 465 g/mol. The third-order valence-electron chi connectivity index (χ3n) is 5.75. The van der Waals surface area contributed by atoms with E-state index in [1.54, 1.807) is 13.0 Å². The van der Waals surface area contributed by atoms with Gasteiger partial charge in [-0.05, 0) is 38.1 Å². The van der Waals surface area contributed by atoms with Gasteiger partial charge in [0.1, 0.15) is 17.5 Å². The predicted octanol–water partition coefficient (Wildman–Crippen LogP) is 3.16. The highest BCUT2D eigenvalue weighted by Crippen LogP contribution is 2.32. The Morgan fingerprint density at radius 1 is 1.12 bits per heavy atom. The molecule has 0 saturated carbocycles. The van der Waals surface area contributed by atoms with Crippen LogP contribution in [0.3, 0.4) is 0 Å². The lowest BCUT2D eigenvalue weighted by Gasteiger charge is -2.15. The van der Waals surface area contributed by atoms with Crippen molar-refractivity contribution in [1.29, 1.82) is 0 Å². The van der Waals surface area contributed by atoms with Crippen LogP contribution in [-0.2, 0) is 25.6 Å². The van der Waals surface area contributed by atoms with E-state index in [1.165, 1.54) is 26.4 Å². The Morgan fingerprint density at radius 2 is 1.85 bits per heavy atom. The Bertz CT molecular complexity index is 1350. The van der Waals surface area contributed by atoms with E-state index in [1.807, 2.05) is 35.8 Å². The third kappa shape index (κ3) is 3.83. The summed E-state index contributed by atoms with van der Waals surface area (Å²) in [7, 11) is 2.56. The minimum atomic E-state index is -0.655. The second-order valence-electron chi connectivity index (χ2n) is 7.72. The molecule has 3 aromatic rings. The van der Waals surface area contributed by atoms with Gasteiger partial charge in [-0.1, -0.05) is 18.2 Å². The van der Waals surface area contributed by atoms with Gasteiger partial charge < -0.3 is 23.8 Å². The van der Waals surface area contributed by atoms with Crippen molar-refractivity contribution in [1.82, 2.24) is 14.8 Å². The van der Waals surface area contributed by atoms with Crippen LogP contribution < -0.4 is 5.32 Å². The molecular formula is C24H23N3O7. The van der Waals surface area contributed by atoms with Crippen LogP contribution in [0.5, 0.6) is 0 Å². The van der Waals surface area contributed by atoms with Gasteiger partial charge in [0.25, 0.3) is 5.91 Å². The van der Waals surface area contributed by atoms with Gasteiger partial charge in [-0.3, -0.25) is 9.69 Å². The molecule has 4 rings (SSSR count). The molecule has 3 amide bonds. The Morgan fingerprint density at radius 3 is 2.56 bits per heavy atom. The van der Waals surface area contributed by atoms with Crippen molar-refractivity contribution in [2.75, 3.05) is 14.2 Å². The van der Waals surface area contributed by atoms with Crippen molar-refractivity contribution in [3.8, 4) is 0 Å². The van der Waals surface area contributed by atoms with E-state index in [-0.39, 0.29) is 23.8 Å². The highest BCUT2D eigenvalue weighted by atomic mass is 16.5. The molecule has 1 aliphatic rings. The summed E-state index contributed by atoms with van der Waals surface area (Å²) in [5, 5.41) is 3.41. The third-order valence-corrected chi connectivity index (χ3v) is 5.75. The molecule has 0 spiro atoms. The zero-order valence-corrected chi connectivity index (χ0v) is 19.1. The van der Waals surface area contributed by atoms with E-state index >= 15 is 0 Å². The van der Waals surface area contributed by atoms with Gasteiger partial charge in [-0.15, -0.1) is 0 Å². The number of methoxy groups -OCH3 is 2. The molecule has 176 valence electrons. The summed E-state index contributed by atoms with van der Waals surface area (Å²) < 4.78 is 16.7. The number of ether oxygens (including phenoxy) is 2. The molecule has 1 saturated heterocycles. The molecule has 34 heavy (non-hydrogen) atoms. The second-order valence-corrected chi connectivity index (χ2v) is 7.72. The fraction of sp³-hybridized carbons (Fsp3) is 0.250. The molecule has 0 radical (unpaired) electrons. The molecule has 0 bridgehead atoms. The van der Waals surface area contributed by atoms with E-state index in [0.29, 0.717) is 5.56 Å². The van der Waals surface area contributed by atoms with Crippen molar-refractivity contribution in [3.63, 3.8) is 0 Å². The summed E-state index contributed by atoms with van der Waals surface area (Å²) in [6.07, 6.45) is 1.60. The number of para-hydroxylation sites is 1. The quantitative estimate of drug-likeness (QED) is 0.337. The van der Waals surface area contributed by atoms with Gasteiger partial charge in [-0.25, -0.2) is 14.4 Å². The molecule has 0 aliphatic carbocycles. The van der Waals surface area contributed by atoms with Gasteiger partial charge >= 0.3 is 18.0 Å². The van der Waals surface area contributed by atoms with Crippen LogP contribution in [0.4, 0.5) is 4.79 Å². The van der Waals surface area contributed by atoms with Crippen molar-refractivity contribution in [3.05, 3.63) is 64.9 Å². The fourth-order valence-electron chi connectivity index (χ4n) is 4.06. The average Bonchev–Trinajstić information content (AvgIpc) is 3.49. The van der Waals surface area contributed by atoms with Crippen molar-refractivity contribution in [2.45, 2.75) is 26.4 Å². The molecule has 10 heteroatoms. The number of esters is 2. The van der Waals surface area contributed by atoms with Crippen LogP contribution in [0.15, 0.2) is 46.5 Å². The summed E-state index contributed by atoms with van der Waals surface area (Å²) in [5.74, 6) is -1.37. The van der Waals surface area contributed by atoms with Crippen molar-refractivity contribution in [2.24, 2.45) is 0 Å². The number of fused-ring (bicyclic) bond motifs is 1. The Kier molecular flexibility index (Phi) is 5.97. The fourth-order valence-corrected chi connectivity index (χ4v) is 4.06. The second kappa shape index (κ2) is 8.89. The summed E-state index contributed by atoms with van der Waals surface area (Å²) in [6, 6.07) is 9.18. The maximum absolute atomic E-state index is 13.0. The first-order valence-corrected chi connectivity index (χ1v) is 10.5. The van der Waals surface area contributed by atoms with Gasteiger partial charge in [0.15, 0.2) is 0 Å². The number of nitrogens with one attached hydrogen (secondary N) is 1.